The van der Waals surface area contributed by atoms with E-state index in [1.807, 2.05) is 0 Å². The van der Waals surface area contributed by atoms with Crippen LogP contribution in [-0.2, 0) is 4.79 Å². The van der Waals surface area contributed by atoms with Crippen molar-refractivity contribution in [2.45, 2.75) is 96.8 Å². The molecule has 0 bridgehead atoms. The highest BCUT2D eigenvalue weighted by Crippen LogP contribution is 2.08. The zero-order valence-corrected chi connectivity index (χ0v) is 13.3. The molecule has 0 aliphatic heterocycles. The first-order valence-corrected chi connectivity index (χ1v) is 8.45. The fraction of sp³-hybridized carbons (Fsp3) is 0.833. The molecule has 2 heteroatoms. The summed E-state index contributed by atoms with van der Waals surface area (Å²) in [5.41, 5.74) is 0. The topological polar surface area (TPSA) is 37.3 Å². The van der Waals surface area contributed by atoms with Crippen molar-refractivity contribution in [3.63, 3.8) is 0 Å². The molecule has 20 heavy (non-hydrogen) atoms. The molecule has 116 valence electrons. The molecule has 0 atom stereocenters. The lowest BCUT2D eigenvalue weighted by molar-refractivity contribution is -0.137. The first-order valence-electron chi connectivity index (χ1n) is 8.45. The maximum Gasteiger partial charge on any atom is 0.303 e. The molecule has 0 fully saturated rings. The molecule has 1 N–H and O–H groups in total. The molecular weight excluding hydrogens is 248 g/mol. The second-order valence-electron chi connectivity index (χ2n) is 5.53. The smallest absolute Gasteiger partial charge is 0.303 e. The minimum Gasteiger partial charge on any atom is -0.481 e. The standard InChI is InChI=1S/C18H32O2/c1-2-3-4-5-6-7-8-9-10-11-12-13-14-15-16-17-18(19)20/h2-7,10-17H2,1H3,(H,19,20). The van der Waals surface area contributed by atoms with Crippen molar-refractivity contribution in [1.82, 2.24) is 0 Å². The molecule has 0 rings (SSSR count). The third kappa shape index (κ3) is 17.0. The van der Waals surface area contributed by atoms with Gasteiger partial charge in [-0.2, -0.15) is 0 Å². The van der Waals surface area contributed by atoms with E-state index in [4.69, 9.17) is 5.11 Å². The number of unbranched alkanes of at least 4 members (excludes halogenated alkanes) is 11. The van der Waals surface area contributed by atoms with Gasteiger partial charge in [-0.15, -0.1) is 11.8 Å². The van der Waals surface area contributed by atoms with Gasteiger partial charge in [0.25, 0.3) is 0 Å². The fourth-order valence-corrected chi connectivity index (χ4v) is 2.19. The van der Waals surface area contributed by atoms with E-state index in [1.54, 1.807) is 0 Å². The maximum atomic E-state index is 10.3. The van der Waals surface area contributed by atoms with Crippen LogP contribution in [0.5, 0.6) is 0 Å². The molecule has 0 radical (unpaired) electrons. The van der Waals surface area contributed by atoms with E-state index in [0.717, 1.165) is 32.1 Å². The Labute approximate surface area is 125 Å². The van der Waals surface area contributed by atoms with Crippen LogP contribution in [0.3, 0.4) is 0 Å². The summed E-state index contributed by atoms with van der Waals surface area (Å²) < 4.78 is 0. The van der Waals surface area contributed by atoms with Crippen molar-refractivity contribution in [2.24, 2.45) is 0 Å². The van der Waals surface area contributed by atoms with Gasteiger partial charge >= 0.3 is 5.97 Å². The monoisotopic (exact) mass is 280 g/mol. The average molecular weight is 280 g/mol. The molecule has 0 aliphatic rings. The van der Waals surface area contributed by atoms with Crippen molar-refractivity contribution in [3.05, 3.63) is 0 Å². The molecule has 0 aromatic carbocycles. The van der Waals surface area contributed by atoms with Crippen LogP contribution in [-0.4, -0.2) is 11.1 Å². The van der Waals surface area contributed by atoms with Crippen molar-refractivity contribution in [3.8, 4) is 11.8 Å². The molecule has 0 aromatic rings. The van der Waals surface area contributed by atoms with Crippen LogP contribution in [0.25, 0.3) is 0 Å². The number of hydrogen-bond acceptors (Lipinski definition) is 1. The summed E-state index contributed by atoms with van der Waals surface area (Å²) in [7, 11) is 0. The molecule has 0 saturated heterocycles. The van der Waals surface area contributed by atoms with Crippen LogP contribution in [0, 0.1) is 11.8 Å². The Hall–Kier alpha value is -0.970. The van der Waals surface area contributed by atoms with Crippen molar-refractivity contribution < 1.29 is 9.90 Å². The Morgan fingerprint density at radius 3 is 1.70 bits per heavy atom. The third-order valence-corrected chi connectivity index (χ3v) is 3.47. The van der Waals surface area contributed by atoms with Crippen LogP contribution < -0.4 is 0 Å². The van der Waals surface area contributed by atoms with E-state index in [9.17, 15) is 4.79 Å². The van der Waals surface area contributed by atoms with Crippen molar-refractivity contribution in [2.75, 3.05) is 0 Å². The first-order chi connectivity index (χ1) is 9.77. The van der Waals surface area contributed by atoms with E-state index in [-0.39, 0.29) is 0 Å². The van der Waals surface area contributed by atoms with E-state index in [2.05, 4.69) is 18.8 Å². The highest BCUT2D eigenvalue weighted by atomic mass is 16.4. The number of carboxylic acids is 1. The molecule has 2 nitrogen and oxygen atoms in total. The Morgan fingerprint density at radius 1 is 0.750 bits per heavy atom. The minimum atomic E-state index is -0.671. The van der Waals surface area contributed by atoms with Gasteiger partial charge in [0.05, 0.1) is 0 Å². The number of aliphatic carboxylic acids is 1. The summed E-state index contributed by atoms with van der Waals surface area (Å²) in [6.07, 6.45) is 15.7. The summed E-state index contributed by atoms with van der Waals surface area (Å²) in [5.74, 6) is 5.86. The Bertz CT molecular complexity index is 273. The lowest BCUT2D eigenvalue weighted by Gasteiger charge is -1.98. The Balaban J connectivity index is 3.10. The van der Waals surface area contributed by atoms with Crippen LogP contribution in [0.15, 0.2) is 0 Å². The van der Waals surface area contributed by atoms with Gasteiger partial charge in [-0.05, 0) is 19.3 Å². The lowest BCUT2D eigenvalue weighted by Crippen LogP contribution is -1.93. The highest BCUT2D eigenvalue weighted by Gasteiger charge is 1.96. The van der Waals surface area contributed by atoms with Gasteiger partial charge in [0.2, 0.25) is 0 Å². The van der Waals surface area contributed by atoms with Crippen molar-refractivity contribution >= 4 is 5.97 Å². The summed E-state index contributed by atoms with van der Waals surface area (Å²) in [5, 5.41) is 8.50. The maximum absolute atomic E-state index is 10.3. The van der Waals surface area contributed by atoms with Crippen LogP contribution in [0.2, 0.25) is 0 Å². The van der Waals surface area contributed by atoms with E-state index in [1.165, 1.54) is 51.4 Å². The van der Waals surface area contributed by atoms with Gasteiger partial charge < -0.3 is 5.11 Å². The largest absolute Gasteiger partial charge is 0.481 e. The fourth-order valence-electron chi connectivity index (χ4n) is 2.19. The van der Waals surface area contributed by atoms with Gasteiger partial charge in [0, 0.05) is 19.3 Å². The molecule has 0 saturated carbocycles. The highest BCUT2D eigenvalue weighted by molar-refractivity contribution is 5.66. The zero-order valence-electron chi connectivity index (χ0n) is 13.3. The van der Waals surface area contributed by atoms with Crippen LogP contribution in [0.4, 0.5) is 0 Å². The normalized spacial score (nSPS) is 10.1. The predicted molar refractivity (Wildman–Crippen MR) is 85.7 cm³/mol. The summed E-state index contributed by atoms with van der Waals surface area (Å²) in [4.78, 5) is 10.3. The number of carbonyl (C=O) groups is 1. The average Bonchev–Trinajstić information content (AvgIpc) is 2.43. The minimum absolute atomic E-state index is 0.323. The Kier molecular flexibility index (Phi) is 15.3. The van der Waals surface area contributed by atoms with E-state index in [0.29, 0.717) is 6.42 Å². The van der Waals surface area contributed by atoms with Gasteiger partial charge in [-0.25, -0.2) is 0 Å². The van der Waals surface area contributed by atoms with Gasteiger partial charge in [-0.1, -0.05) is 58.3 Å². The quantitative estimate of drug-likeness (QED) is 0.354. The number of carboxylic acid groups (broad SMARTS) is 1. The van der Waals surface area contributed by atoms with Gasteiger partial charge in [-0.3, -0.25) is 4.79 Å². The molecule has 0 unspecified atom stereocenters. The summed E-state index contributed by atoms with van der Waals surface area (Å²) in [6, 6.07) is 0. The molecule has 0 heterocycles. The summed E-state index contributed by atoms with van der Waals surface area (Å²) >= 11 is 0. The summed E-state index contributed by atoms with van der Waals surface area (Å²) in [6.45, 7) is 2.24. The van der Waals surface area contributed by atoms with Crippen LogP contribution in [0.1, 0.15) is 96.8 Å². The van der Waals surface area contributed by atoms with Gasteiger partial charge in [0.1, 0.15) is 0 Å². The van der Waals surface area contributed by atoms with Crippen molar-refractivity contribution in [1.29, 1.82) is 0 Å². The number of hydrogen-bond donors (Lipinski definition) is 1. The van der Waals surface area contributed by atoms with Crippen LogP contribution >= 0.6 is 0 Å². The molecule has 0 aromatic heterocycles. The first kappa shape index (κ1) is 19.0. The SMILES string of the molecule is CCCCCCCC#CCCCCCCCCC(=O)O. The molecule has 0 spiro atoms. The second-order valence-corrected chi connectivity index (χ2v) is 5.53. The third-order valence-electron chi connectivity index (χ3n) is 3.47. The lowest BCUT2D eigenvalue weighted by atomic mass is 10.1. The van der Waals surface area contributed by atoms with E-state index >= 15 is 0 Å². The van der Waals surface area contributed by atoms with E-state index < -0.39 is 5.97 Å². The number of rotatable bonds is 13. The molecule has 0 amide bonds. The zero-order chi connectivity index (χ0) is 14.9. The van der Waals surface area contributed by atoms with Gasteiger partial charge in [0.15, 0.2) is 0 Å². The Morgan fingerprint density at radius 2 is 1.20 bits per heavy atom. The second kappa shape index (κ2) is 16.1. The molecular formula is C18H32O2. The predicted octanol–water partition coefficient (Wildman–Crippen LogP) is 5.56. The molecule has 0 aliphatic carbocycles.